The molecule has 1 rings (SSSR count). The topological polar surface area (TPSA) is 31.4 Å². The van der Waals surface area contributed by atoms with Crippen LogP contribution in [-0.4, -0.2) is 50.2 Å². The van der Waals surface area contributed by atoms with Crippen molar-refractivity contribution in [1.29, 1.82) is 0 Å². The molecule has 4 heteroatoms. The Labute approximate surface area is 124 Å². The number of aryl methyl sites for hydroxylation is 1. The van der Waals surface area contributed by atoms with Gasteiger partial charge in [0.25, 0.3) is 0 Å². The minimum Gasteiger partial charge on any atom is -0.358 e. The highest BCUT2D eigenvalue weighted by molar-refractivity contribution is 5.42. The second kappa shape index (κ2) is 8.22. The number of likely N-dealkylation sites (N-methyl/N-ethyl adjacent to an activating group) is 2. The van der Waals surface area contributed by atoms with Gasteiger partial charge in [-0.2, -0.15) is 0 Å². The zero-order valence-electron chi connectivity index (χ0n) is 13.9. The van der Waals surface area contributed by atoms with E-state index in [0.29, 0.717) is 6.04 Å². The molecule has 1 aromatic heterocycles. The second-order valence-corrected chi connectivity index (χ2v) is 5.94. The lowest BCUT2D eigenvalue weighted by Crippen LogP contribution is -2.29. The maximum atomic E-state index is 4.74. The standard InChI is InChI=1S/C16H30N4/c1-7-15-10-14(12-17-13(2)3)11-16(18-15)20(6)9-8-19(4)5/h10-11,13,17H,7-9,12H2,1-6H3. The average Bonchev–Trinajstić information content (AvgIpc) is 2.41. The summed E-state index contributed by atoms with van der Waals surface area (Å²) < 4.78 is 0. The predicted octanol–water partition coefficient (Wildman–Crippen LogP) is 2.14. The van der Waals surface area contributed by atoms with Crippen LogP contribution in [0.2, 0.25) is 0 Å². The van der Waals surface area contributed by atoms with E-state index >= 15 is 0 Å². The molecular formula is C16H30N4. The van der Waals surface area contributed by atoms with Crippen molar-refractivity contribution in [3.8, 4) is 0 Å². The third-order valence-corrected chi connectivity index (χ3v) is 3.28. The third kappa shape index (κ3) is 5.88. The molecule has 0 bridgehead atoms. The van der Waals surface area contributed by atoms with Crippen molar-refractivity contribution in [2.45, 2.75) is 39.8 Å². The largest absolute Gasteiger partial charge is 0.358 e. The molecule has 20 heavy (non-hydrogen) atoms. The van der Waals surface area contributed by atoms with Crippen molar-refractivity contribution < 1.29 is 0 Å². The number of anilines is 1. The molecule has 0 aliphatic carbocycles. The molecule has 0 aromatic carbocycles. The molecule has 0 radical (unpaired) electrons. The van der Waals surface area contributed by atoms with Gasteiger partial charge in [-0.25, -0.2) is 4.98 Å². The molecule has 1 N–H and O–H groups in total. The van der Waals surface area contributed by atoms with E-state index in [4.69, 9.17) is 4.98 Å². The van der Waals surface area contributed by atoms with E-state index in [-0.39, 0.29) is 0 Å². The number of nitrogens with zero attached hydrogens (tertiary/aromatic N) is 3. The van der Waals surface area contributed by atoms with Crippen LogP contribution < -0.4 is 10.2 Å². The first-order valence-corrected chi connectivity index (χ1v) is 7.51. The zero-order valence-corrected chi connectivity index (χ0v) is 13.9. The lowest BCUT2D eigenvalue weighted by Gasteiger charge is -2.22. The summed E-state index contributed by atoms with van der Waals surface area (Å²) in [5.74, 6) is 1.08. The van der Waals surface area contributed by atoms with E-state index in [9.17, 15) is 0 Å². The summed E-state index contributed by atoms with van der Waals surface area (Å²) in [6.07, 6.45) is 0.976. The molecule has 0 atom stereocenters. The van der Waals surface area contributed by atoms with Gasteiger partial charge < -0.3 is 15.1 Å². The highest BCUT2D eigenvalue weighted by Crippen LogP contribution is 2.15. The van der Waals surface area contributed by atoms with Crippen molar-refractivity contribution in [2.75, 3.05) is 39.1 Å². The van der Waals surface area contributed by atoms with E-state index < -0.39 is 0 Å². The Balaban J connectivity index is 2.80. The van der Waals surface area contributed by atoms with Crippen molar-refractivity contribution in [2.24, 2.45) is 0 Å². The van der Waals surface area contributed by atoms with Crippen LogP contribution in [0.1, 0.15) is 32.0 Å². The minimum absolute atomic E-state index is 0.503. The molecule has 0 saturated carbocycles. The number of hydrogen-bond acceptors (Lipinski definition) is 4. The van der Waals surface area contributed by atoms with Crippen LogP contribution in [0, 0.1) is 0 Å². The van der Waals surface area contributed by atoms with E-state index in [1.165, 1.54) is 11.3 Å². The second-order valence-electron chi connectivity index (χ2n) is 5.94. The molecule has 4 nitrogen and oxygen atoms in total. The van der Waals surface area contributed by atoms with E-state index in [1.54, 1.807) is 0 Å². The van der Waals surface area contributed by atoms with E-state index in [1.807, 2.05) is 0 Å². The lowest BCUT2D eigenvalue weighted by atomic mass is 10.1. The summed E-state index contributed by atoms with van der Waals surface area (Å²) in [4.78, 5) is 9.17. The predicted molar refractivity (Wildman–Crippen MR) is 87.4 cm³/mol. The first-order chi connectivity index (χ1) is 9.42. The Kier molecular flexibility index (Phi) is 6.96. The first-order valence-electron chi connectivity index (χ1n) is 7.51. The van der Waals surface area contributed by atoms with Gasteiger partial charge in [0.1, 0.15) is 5.82 Å². The molecule has 0 unspecified atom stereocenters. The van der Waals surface area contributed by atoms with Gasteiger partial charge in [0.05, 0.1) is 0 Å². The van der Waals surface area contributed by atoms with Crippen LogP contribution in [0.15, 0.2) is 12.1 Å². The Morgan fingerprint density at radius 3 is 2.40 bits per heavy atom. The molecule has 0 aliphatic heterocycles. The fourth-order valence-electron chi connectivity index (χ4n) is 1.90. The van der Waals surface area contributed by atoms with Gasteiger partial charge >= 0.3 is 0 Å². The Bertz CT molecular complexity index is 401. The van der Waals surface area contributed by atoms with Crippen molar-refractivity contribution >= 4 is 5.82 Å². The maximum absolute atomic E-state index is 4.74. The molecule has 1 heterocycles. The van der Waals surface area contributed by atoms with Crippen molar-refractivity contribution in [3.05, 3.63) is 23.4 Å². The third-order valence-electron chi connectivity index (χ3n) is 3.28. The quantitative estimate of drug-likeness (QED) is 0.789. The van der Waals surface area contributed by atoms with Crippen LogP contribution in [0.5, 0.6) is 0 Å². The van der Waals surface area contributed by atoms with Gasteiger partial charge in [0.2, 0.25) is 0 Å². The lowest BCUT2D eigenvalue weighted by molar-refractivity contribution is 0.416. The van der Waals surface area contributed by atoms with Gasteiger partial charge in [-0.1, -0.05) is 20.8 Å². The Hall–Kier alpha value is -1.13. The number of rotatable bonds is 8. The summed E-state index contributed by atoms with van der Waals surface area (Å²) >= 11 is 0. The smallest absolute Gasteiger partial charge is 0.128 e. The van der Waals surface area contributed by atoms with Gasteiger partial charge in [-0.15, -0.1) is 0 Å². The van der Waals surface area contributed by atoms with Gasteiger partial charge in [0.15, 0.2) is 0 Å². The Morgan fingerprint density at radius 1 is 1.15 bits per heavy atom. The molecule has 0 aliphatic rings. The fraction of sp³-hybridized carbons (Fsp3) is 0.688. The van der Waals surface area contributed by atoms with Gasteiger partial charge in [0, 0.05) is 38.4 Å². The minimum atomic E-state index is 0.503. The number of nitrogens with one attached hydrogen (secondary N) is 1. The molecule has 0 amide bonds. The molecule has 114 valence electrons. The number of pyridine rings is 1. The van der Waals surface area contributed by atoms with Crippen LogP contribution in [0.3, 0.4) is 0 Å². The molecule has 0 fully saturated rings. The van der Waals surface area contributed by atoms with Crippen LogP contribution >= 0.6 is 0 Å². The maximum Gasteiger partial charge on any atom is 0.128 e. The van der Waals surface area contributed by atoms with E-state index in [2.05, 4.69) is 69.2 Å². The fourth-order valence-corrected chi connectivity index (χ4v) is 1.90. The summed E-state index contributed by atoms with van der Waals surface area (Å²) in [5, 5.41) is 3.47. The van der Waals surface area contributed by atoms with Crippen LogP contribution in [-0.2, 0) is 13.0 Å². The zero-order chi connectivity index (χ0) is 15.1. The monoisotopic (exact) mass is 278 g/mol. The highest BCUT2D eigenvalue weighted by Gasteiger charge is 2.07. The van der Waals surface area contributed by atoms with Crippen LogP contribution in [0.25, 0.3) is 0 Å². The highest BCUT2D eigenvalue weighted by atomic mass is 15.2. The summed E-state index contributed by atoms with van der Waals surface area (Å²) in [5.41, 5.74) is 2.48. The SMILES string of the molecule is CCc1cc(CNC(C)C)cc(N(C)CCN(C)C)n1. The van der Waals surface area contributed by atoms with Crippen LogP contribution in [0.4, 0.5) is 5.82 Å². The molecule has 0 saturated heterocycles. The normalized spacial score (nSPS) is 11.4. The Morgan fingerprint density at radius 2 is 1.85 bits per heavy atom. The average molecular weight is 278 g/mol. The molecule has 0 spiro atoms. The first kappa shape index (κ1) is 16.9. The van der Waals surface area contributed by atoms with Gasteiger partial charge in [-0.05, 0) is 38.2 Å². The number of aromatic nitrogens is 1. The summed E-state index contributed by atoms with van der Waals surface area (Å²) in [6, 6.07) is 4.91. The van der Waals surface area contributed by atoms with E-state index in [0.717, 1.165) is 31.9 Å². The molecular weight excluding hydrogens is 248 g/mol. The number of hydrogen-bond donors (Lipinski definition) is 1. The molecule has 1 aromatic rings. The van der Waals surface area contributed by atoms with Crippen molar-refractivity contribution in [3.63, 3.8) is 0 Å². The summed E-state index contributed by atoms with van der Waals surface area (Å²) in [7, 11) is 6.31. The summed E-state index contributed by atoms with van der Waals surface area (Å²) in [6.45, 7) is 9.43. The van der Waals surface area contributed by atoms with Gasteiger partial charge in [-0.3, -0.25) is 0 Å². The van der Waals surface area contributed by atoms with Crippen molar-refractivity contribution in [1.82, 2.24) is 15.2 Å².